The van der Waals surface area contributed by atoms with E-state index in [-0.39, 0.29) is 0 Å². The maximum Gasteiger partial charge on any atom is 0.267 e. The molecular formula is C20H18N2O2S6. The maximum absolute atomic E-state index is 12.9. The van der Waals surface area contributed by atoms with E-state index in [1.807, 2.05) is 19.1 Å². The van der Waals surface area contributed by atoms with Crippen LogP contribution < -0.4 is 0 Å². The van der Waals surface area contributed by atoms with Gasteiger partial charge in [-0.3, -0.25) is 0 Å². The average Bonchev–Trinajstić information content (AvgIpc) is 3.41. The first kappa shape index (κ1) is 22.4. The van der Waals surface area contributed by atoms with E-state index < -0.39 is 10.0 Å². The summed E-state index contributed by atoms with van der Waals surface area (Å²) in [4.78, 5) is 3.59. The number of thioether (sulfide) groups is 5. The molecule has 0 N–H and O–H groups in total. The van der Waals surface area contributed by atoms with Gasteiger partial charge in [-0.15, -0.1) is 11.8 Å². The van der Waals surface area contributed by atoms with Crippen molar-refractivity contribution in [3.63, 3.8) is 0 Å². The van der Waals surface area contributed by atoms with E-state index >= 15 is 0 Å². The summed E-state index contributed by atoms with van der Waals surface area (Å²) in [7, 11) is -3.58. The number of allylic oxidation sites excluding steroid dienone is 1. The van der Waals surface area contributed by atoms with Gasteiger partial charge in [0.15, 0.2) is 0 Å². The van der Waals surface area contributed by atoms with Crippen LogP contribution in [-0.4, -0.2) is 18.6 Å². The molecule has 156 valence electrons. The van der Waals surface area contributed by atoms with Crippen LogP contribution in [0, 0.1) is 18.3 Å². The fourth-order valence-electron chi connectivity index (χ4n) is 2.86. The Morgan fingerprint density at radius 3 is 2.27 bits per heavy atom. The summed E-state index contributed by atoms with van der Waals surface area (Å²) < 4.78 is 31.0. The maximum atomic E-state index is 12.9. The van der Waals surface area contributed by atoms with Gasteiger partial charge in [-0.1, -0.05) is 64.7 Å². The molecule has 1 aromatic carbocycles. The Balaban J connectivity index is 1.51. The van der Waals surface area contributed by atoms with Crippen molar-refractivity contribution in [3.05, 3.63) is 59.8 Å². The third-order valence-corrected chi connectivity index (χ3v) is 13.0. The van der Waals surface area contributed by atoms with E-state index in [4.69, 9.17) is 5.26 Å². The Morgan fingerprint density at radius 1 is 1.03 bits per heavy atom. The number of aryl methyl sites for hydroxylation is 1. The summed E-state index contributed by atoms with van der Waals surface area (Å²) in [5, 5.41) is 8.78. The molecule has 0 saturated heterocycles. The largest absolute Gasteiger partial charge is 0.267 e. The molecule has 4 nitrogen and oxygen atoms in total. The third-order valence-electron chi connectivity index (χ3n) is 4.41. The Morgan fingerprint density at radius 2 is 1.67 bits per heavy atom. The predicted molar refractivity (Wildman–Crippen MR) is 132 cm³/mol. The van der Waals surface area contributed by atoms with Crippen molar-refractivity contribution in [2.24, 2.45) is 0 Å². The predicted octanol–water partition coefficient (Wildman–Crippen LogP) is 7.06. The van der Waals surface area contributed by atoms with Crippen molar-refractivity contribution in [2.75, 3.05) is 6.26 Å². The molecule has 0 saturated carbocycles. The fourth-order valence-corrected chi connectivity index (χ4v) is 10.9. The minimum atomic E-state index is -3.58. The first-order valence-electron chi connectivity index (χ1n) is 9.06. The van der Waals surface area contributed by atoms with Crippen LogP contribution in [0.15, 0.2) is 69.0 Å². The number of hydrogen-bond donors (Lipinski definition) is 0. The van der Waals surface area contributed by atoms with Crippen LogP contribution in [0.1, 0.15) is 24.8 Å². The number of fused-ring (bicyclic) bond motifs is 1. The fraction of sp³-hybridized carbons (Fsp3) is 0.250. The number of nitriles is 1. The normalized spacial score (nSPS) is 16.3. The lowest BCUT2D eigenvalue weighted by molar-refractivity contribution is 0.587. The molecule has 4 rings (SSSR count). The van der Waals surface area contributed by atoms with Gasteiger partial charge in [0.25, 0.3) is 10.0 Å². The first-order chi connectivity index (χ1) is 14.4. The molecule has 0 amide bonds. The molecule has 1 aromatic heterocycles. The molecule has 2 aliphatic rings. The SMILES string of the molecule is CSC1=C(CCCC#N)SC(=C2Sc3cn(S(=O)(=O)c4ccc(C)cc4)cc3S2)S1. The number of nitrogens with zero attached hydrogens (tertiary/aromatic N) is 2. The molecular weight excluding hydrogens is 493 g/mol. The Labute approximate surface area is 198 Å². The van der Waals surface area contributed by atoms with Crippen LogP contribution in [0.4, 0.5) is 0 Å². The smallest absolute Gasteiger partial charge is 0.247 e. The van der Waals surface area contributed by atoms with E-state index in [2.05, 4.69) is 12.3 Å². The molecule has 2 aliphatic heterocycles. The summed E-state index contributed by atoms with van der Waals surface area (Å²) in [5.74, 6) is 0. The molecule has 0 fully saturated rings. The zero-order chi connectivity index (χ0) is 21.3. The van der Waals surface area contributed by atoms with Crippen LogP contribution in [0.3, 0.4) is 0 Å². The molecule has 10 heteroatoms. The van der Waals surface area contributed by atoms with Crippen molar-refractivity contribution in [3.8, 4) is 6.07 Å². The van der Waals surface area contributed by atoms with Crippen LogP contribution >= 0.6 is 58.8 Å². The molecule has 3 heterocycles. The van der Waals surface area contributed by atoms with Crippen molar-refractivity contribution in [1.29, 1.82) is 5.26 Å². The van der Waals surface area contributed by atoms with Gasteiger partial charge in [-0.2, -0.15) is 5.26 Å². The van der Waals surface area contributed by atoms with Crippen molar-refractivity contribution >= 4 is 68.8 Å². The Kier molecular flexibility index (Phi) is 6.97. The highest BCUT2D eigenvalue weighted by Gasteiger charge is 2.30. The highest BCUT2D eigenvalue weighted by Crippen LogP contribution is 2.62. The van der Waals surface area contributed by atoms with Gasteiger partial charge in [-0.25, -0.2) is 12.4 Å². The van der Waals surface area contributed by atoms with Gasteiger partial charge in [0.1, 0.15) is 0 Å². The standard InChI is InChI=1S/C20H18N2O2S6/c1-13-6-8-14(9-7-13)30(23,24)22-11-16-17(12-22)28-19(27-16)20-26-15(5-3-4-10-21)18(25-2)29-20/h6-9,11-12H,3-5H2,1-2H3. The molecule has 0 radical (unpaired) electrons. The number of benzene rings is 1. The van der Waals surface area contributed by atoms with Crippen molar-refractivity contribution in [2.45, 2.75) is 40.9 Å². The summed E-state index contributed by atoms with van der Waals surface area (Å²) in [5.41, 5.74) is 1.03. The second-order valence-corrected chi connectivity index (χ2v) is 14.2. The molecule has 2 aromatic rings. The first-order valence-corrected chi connectivity index (χ1v) is 15.0. The third kappa shape index (κ3) is 4.52. The van der Waals surface area contributed by atoms with Crippen molar-refractivity contribution < 1.29 is 8.42 Å². The summed E-state index contributed by atoms with van der Waals surface area (Å²) in [6, 6.07) is 9.15. The van der Waals surface area contributed by atoms with E-state index in [1.165, 1.54) is 21.6 Å². The molecule has 0 unspecified atom stereocenters. The lowest BCUT2D eigenvalue weighted by Gasteiger charge is -2.07. The number of rotatable bonds is 6. The lowest BCUT2D eigenvalue weighted by Crippen LogP contribution is -2.10. The quantitative estimate of drug-likeness (QED) is 0.383. The lowest BCUT2D eigenvalue weighted by atomic mass is 10.2. The van der Waals surface area contributed by atoms with Gasteiger partial charge < -0.3 is 0 Å². The van der Waals surface area contributed by atoms with E-state index in [0.717, 1.165) is 28.2 Å². The second kappa shape index (κ2) is 9.35. The topological polar surface area (TPSA) is 62.9 Å². The highest BCUT2D eigenvalue weighted by atomic mass is 32.2. The van der Waals surface area contributed by atoms with Gasteiger partial charge in [0.05, 0.1) is 23.7 Å². The van der Waals surface area contributed by atoms with Crippen LogP contribution in [0.2, 0.25) is 0 Å². The molecule has 0 atom stereocenters. The molecule has 0 aliphatic carbocycles. The summed E-state index contributed by atoms with van der Waals surface area (Å²) in [6.45, 7) is 1.94. The zero-order valence-electron chi connectivity index (χ0n) is 16.2. The highest BCUT2D eigenvalue weighted by molar-refractivity contribution is 8.37. The van der Waals surface area contributed by atoms with Gasteiger partial charge in [-0.05, 0) is 38.2 Å². The minimum absolute atomic E-state index is 0.299. The van der Waals surface area contributed by atoms with Crippen molar-refractivity contribution in [1.82, 2.24) is 3.97 Å². The monoisotopic (exact) mass is 510 g/mol. The summed E-state index contributed by atoms with van der Waals surface area (Å²) in [6.07, 6.45) is 7.92. The van der Waals surface area contributed by atoms with E-state index in [9.17, 15) is 8.42 Å². The van der Waals surface area contributed by atoms with Crippen LogP contribution in [0.5, 0.6) is 0 Å². The number of unbranched alkanes of at least 4 members (excludes halogenated alkanes) is 1. The van der Waals surface area contributed by atoms with E-state index in [0.29, 0.717) is 11.3 Å². The van der Waals surface area contributed by atoms with Gasteiger partial charge in [0.2, 0.25) is 0 Å². The van der Waals surface area contributed by atoms with Crippen LogP contribution in [0.25, 0.3) is 0 Å². The average molecular weight is 511 g/mol. The van der Waals surface area contributed by atoms with Gasteiger partial charge >= 0.3 is 0 Å². The van der Waals surface area contributed by atoms with Crippen LogP contribution in [-0.2, 0) is 10.0 Å². The zero-order valence-corrected chi connectivity index (χ0v) is 21.1. The molecule has 0 spiro atoms. The minimum Gasteiger partial charge on any atom is -0.247 e. The molecule has 30 heavy (non-hydrogen) atoms. The second-order valence-electron chi connectivity index (χ2n) is 6.54. The number of hydrogen-bond acceptors (Lipinski definition) is 8. The number of aromatic nitrogens is 1. The Bertz CT molecular complexity index is 1160. The summed E-state index contributed by atoms with van der Waals surface area (Å²) >= 11 is 8.62. The van der Waals surface area contributed by atoms with E-state index in [1.54, 1.807) is 83.3 Å². The Hall–Kier alpha value is -0.830. The molecule has 0 bridgehead atoms. The van der Waals surface area contributed by atoms with Gasteiger partial charge in [0, 0.05) is 33.5 Å².